The van der Waals surface area contributed by atoms with Crippen molar-refractivity contribution in [1.29, 1.82) is 0 Å². The Kier molecular flexibility index (Phi) is 8.27. The van der Waals surface area contributed by atoms with Gasteiger partial charge in [-0.25, -0.2) is 0 Å². The Bertz CT molecular complexity index is 539. The van der Waals surface area contributed by atoms with Gasteiger partial charge in [0.1, 0.15) is 11.5 Å². The van der Waals surface area contributed by atoms with Gasteiger partial charge >= 0.3 is 0 Å². The molecule has 0 saturated carbocycles. The molecule has 5 nitrogen and oxygen atoms in total. The normalized spacial score (nSPS) is 11.7. The maximum Gasteiger partial charge on any atom is 0.264 e. The molecule has 1 rings (SSSR count). The topological polar surface area (TPSA) is 94.8 Å². The highest BCUT2D eigenvalue weighted by molar-refractivity contribution is 7.85. The molecule has 0 bridgehead atoms. The molecule has 22 heavy (non-hydrogen) atoms. The van der Waals surface area contributed by atoms with Crippen LogP contribution in [0.1, 0.15) is 56.9 Å². The zero-order valence-corrected chi connectivity index (χ0v) is 13.7. The van der Waals surface area contributed by atoms with E-state index in [0.29, 0.717) is 6.42 Å². The summed E-state index contributed by atoms with van der Waals surface area (Å²) in [7, 11) is -3.80. The Morgan fingerprint density at radius 3 is 1.95 bits per heavy atom. The lowest BCUT2D eigenvalue weighted by atomic mass is 10.0. The van der Waals surface area contributed by atoms with Gasteiger partial charge in [0.05, 0.1) is 5.75 Å². The SMILES string of the molecule is O=S(=O)(O)CCCCCCCCCCc1cc(O)ccc1O. The van der Waals surface area contributed by atoms with Crippen LogP contribution in [0.3, 0.4) is 0 Å². The number of benzene rings is 1. The summed E-state index contributed by atoms with van der Waals surface area (Å²) in [5.74, 6) is 0.273. The molecule has 0 fully saturated rings. The summed E-state index contributed by atoms with van der Waals surface area (Å²) in [6, 6.07) is 4.59. The molecule has 0 atom stereocenters. The highest BCUT2D eigenvalue weighted by Crippen LogP contribution is 2.24. The molecule has 0 saturated heterocycles. The summed E-state index contributed by atoms with van der Waals surface area (Å²) in [6.07, 6.45) is 8.43. The van der Waals surface area contributed by atoms with E-state index in [9.17, 15) is 18.6 Å². The lowest BCUT2D eigenvalue weighted by molar-refractivity contribution is 0.452. The summed E-state index contributed by atoms with van der Waals surface area (Å²) in [5.41, 5.74) is 0.783. The molecule has 0 spiro atoms. The Labute approximate surface area is 132 Å². The third-order valence-corrected chi connectivity index (χ3v) is 4.47. The summed E-state index contributed by atoms with van der Waals surface area (Å²) < 4.78 is 29.6. The van der Waals surface area contributed by atoms with Crippen molar-refractivity contribution in [2.45, 2.75) is 57.8 Å². The van der Waals surface area contributed by atoms with E-state index in [4.69, 9.17) is 4.55 Å². The monoisotopic (exact) mass is 330 g/mol. The van der Waals surface area contributed by atoms with Crippen molar-refractivity contribution in [3.8, 4) is 11.5 Å². The third-order valence-electron chi connectivity index (χ3n) is 3.66. The van der Waals surface area contributed by atoms with Gasteiger partial charge in [0.2, 0.25) is 0 Å². The average Bonchev–Trinajstić information content (AvgIpc) is 2.43. The number of unbranched alkanes of at least 4 members (excludes halogenated alkanes) is 7. The summed E-state index contributed by atoms with van der Waals surface area (Å²) in [4.78, 5) is 0. The van der Waals surface area contributed by atoms with Crippen molar-refractivity contribution in [3.63, 3.8) is 0 Å². The molecule has 0 heterocycles. The van der Waals surface area contributed by atoms with Gasteiger partial charge in [-0.2, -0.15) is 8.42 Å². The fourth-order valence-electron chi connectivity index (χ4n) is 2.43. The average molecular weight is 330 g/mol. The Morgan fingerprint density at radius 2 is 1.36 bits per heavy atom. The van der Waals surface area contributed by atoms with Crippen LogP contribution >= 0.6 is 0 Å². The van der Waals surface area contributed by atoms with Crippen molar-refractivity contribution < 1.29 is 23.2 Å². The molecule has 0 aliphatic heterocycles. The van der Waals surface area contributed by atoms with Crippen molar-refractivity contribution in [3.05, 3.63) is 23.8 Å². The first-order valence-electron chi connectivity index (χ1n) is 7.84. The van der Waals surface area contributed by atoms with Gasteiger partial charge in [0.25, 0.3) is 10.1 Å². The van der Waals surface area contributed by atoms with E-state index in [1.807, 2.05) is 0 Å². The summed E-state index contributed by atoms with van der Waals surface area (Å²) in [5, 5.41) is 19.0. The first-order valence-corrected chi connectivity index (χ1v) is 9.45. The second kappa shape index (κ2) is 9.69. The Hall–Kier alpha value is -1.27. The molecule has 126 valence electrons. The van der Waals surface area contributed by atoms with Crippen molar-refractivity contribution in [2.24, 2.45) is 0 Å². The van der Waals surface area contributed by atoms with E-state index in [1.54, 1.807) is 6.07 Å². The number of rotatable bonds is 11. The quantitative estimate of drug-likeness (QED) is 0.327. The molecular weight excluding hydrogens is 304 g/mol. The van der Waals surface area contributed by atoms with Gasteiger partial charge in [-0.15, -0.1) is 0 Å². The molecule has 0 aromatic heterocycles. The lowest BCUT2D eigenvalue weighted by Gasteiger charge is -2.05. The van der Waals surface area contributed by atoms with Gasteiger partial charge in [0.15, 0.2) is 0 Å². The maximum absolute atomic E-state index is 10.5. The van der Waals surface area contributed by atoms with E-state index in [-0.39, 0.29) is 17.3 Å². The number of phenolic OH excluding ortho intramolecular Hbond substituents is 2. The molecule has 1 aromatic carbocycles. The molecule has 0 aliphatic carbocycles. The lowest BCUT2D eigenvalue weighted by Crippen LogP contribution is -2.03. The maximum atomic E-state index is 10.5. The van der Waals surface area contributed by atoms with E-state index in [0.717, 1.165) is 56.9 Å². The number of aryl methyl sites for hydroxylation is 1. The number of aromatic hydroxyl groups is 2. The van der Waals surface area contributed by atoms with Crippen LogP contribution in [0, 0.1) is 0 Å². The van der Waals surface area contributed by atoms with Crippen LogP contribution in [0.25, 0.3) is 0 Å². The van der Waals surface area contributed by atoms with E-state index in [2.05, 4.69) is 0 Å². The van der Waals surface area contributed by atoms with Crippen LogP contribution in [0.15, 0.2) is 18.2 Å². The second-order valence-corrected chi connectivity index (χ2v) is 7.25. The highest BCUT2D eigenvalue weighted by Gasteiger charge is 2.04. The van der Waals surface area contributed by atoms with Gasteiger partial charge in [-0.05, 0) is 43.0 Å². The second-order valence-electron chi connectivity index (χ2n) is 5.68. The Morgan fingerprint density at radius 1 is 0.818 bits per heavy atom. The minimum atomic E-state index is -3.80. The van der Waals surface area contributed by atoms with Gasteiger partial charge in [-0.1, -0.05) is 38.5 Å². The standard InChI is InChI=1S/C16H26O5S/c17-15-10-11-16(18)14(13-15)9-7-5-3-1-2-4-6-8-12-22(19,20)21/h10-11,13,17-18H,1-9,12H2,(H,19,20,21). The van der Waals surface area contributed by atoms with Crippen LogP contribution < -0.4 is 0 Å². The van der Waals surface area contributed by atoms with Crippen molar-refractivity contribution >= 4 is 10.1 Å². The van der Waals surface area contributed by atoms with E-state index >= 15 is 0 Å². The van der Waals surface area contributed by atoms with Crippen LogP contribution in [-0.2, 0) is 16.5 Å². The zero-order valence-electron chi connectivity index (χ0n) is 12.9. The molecule has 0 amide bonds. The van der Waals surface area contributed by atoms with Gasteiger partial charge in [0, 0.05) is 0 Å². The smallest absolute Gasteiger partial charge is 0.264 e. The summed E-state index contributed by atoms with van der Waals surface area (Å²) >= 11 is 0. The number of hydrogen-bond acceptors (Lipinski definition) is 4. The minimum absolute atomic E-state index is 0.138. The third kappa shape index (κ3) is 8.89. The number of phenols is 2. The van der Waals surface area contributed by atoms with Gasteiger partial charge in [-0.3, -0.25) is 4.55 Å². The molecule has 0 aliphatic rings. The predicted molar refractivity (Wildman–Crippen MR) is 86.8 cm³/mol. The fraction of sp³-hybridized carbons (Fsp3) is 0.625. The van der Waals surface area contributed by atoms with E-state index in [1.165, 1.54) is 12.1 Å². The minimum Gasteiger partial charge on any atom is -0.508 e. The first kappa shape index (κ1) is 18.8. The predicted octanol–water partition coefficient (Wildman–Crippen LogP) is 3.65. The molecule has 0 unspecified atom stereocenters. The van der Waals surface area contributed by atoms with Crippen molar-refractivity contribution in [2.75, 3.05) is 5.75 Å². The number of hydrogen-bond donors (Lipinski definition) is 3. The largest absolute Gasteiger partial charge is 0.508 e. The first-order chi connectivity index (χ1) is 10.4. The highest BCUT2D eigenvalue weighted by atomic mass is 32.2. The molecule has 0 radical (unpaired) electrons. The van der Waals surface area contributed by atoms with Crippen molar-refractivity contribution in [1.82, 2.24) is 0 Å². The van der Waals surface area contributed by atoms with Crippen LogP contribution in [0.5, 0.6) is 11.5 Å². The van der Waals surface area contributed by atoms with Crippen LogP contribution in [-0.4, -0.2) is 28.9 Å². The Balaban J connectivity index is 1.99. The summed E-state index contributed by atoms with van der Waals surface area (Å²) in [6.45, 7) is 0. The van der Waals surface area contributed by atoms with E-state index < -0.39 is 10.1 Å². The molecule has 1 aromatic rings. The zero-order chi connectivity index (χ0) is 16.4. The van der Waals surface area contributed by atoms with Crippen LogP contribution in [0.4, 0.5) is 0 Å². The van der Waals surface area contributed by atoms with Gasteiger partial charge < -0.3 is 10.2 Å². The van der Waals surface area contributed by atoms with Crippen LogP contribution in [0.2, 0.25) is 0 Å². The molecule has 6 heteroatoms. The molecule has 3 N–H and O–H groups in total. The molecular formula is C16H26O5S. The fourth-order valence-corrected chi connectivity index (χ4v) is 3.00.